The first-order valence-corrected chi connectivity index (χ1v) is 7.46. The molecule has 1 N–H and O–H groups in total. The highest BCUT2D eigenvalue weighted by Crippen LogP contribution is 2.18. The van der Waals surface area contributed by atoms with Crippen LogP contribution < -0.4 is 10.1 Å². The highest BCUT2D eigenvalue weighted by atomic mass is 19.1. The second kappa shape index (κ2) is 8.23. The number of halogens is 2. The Kier molecular flexibility index (Phi) is 6.05. The van der Waals surface area contributed by atoms with Crippen molar-refractivity contribution in [2.24, 2.45) is 0 Å². The van der Waals surface area contributed by atoms with Crippen LogP contribution in [0.15, 0.2) is 42.5 Å². The Morgan fingerprint density at radius 3 is 2.60 bits per heavy atom. The summed E-state index contributed by atoms with van der Waals surface area (Å²) >= 11 is 0. The molecule has 0 aliphatic carbocycles. The lowest BCUT2D eigenvalue weighted by Gasteiger charge is -2.15. The van der Waals surface area contributed by atoms with E-state index in [0.717, 1.165) is 12.1 Å². The molecule has 1 amide bonds. The Morgan fingerprint density at radius 1 is 1.16 bits per heavy atom. The second-order valence-electron chi connectivity index (χ2n) is 5.26. The Bertz CT molecular complexity index is 779. The van der Waals surface area contributed by atoms with Crippen LogP contribution in [0.5, 0.6) is 5.75 Å². The van der Waals surface area contributed by atoms with Crippen LogP contribution in [-0.2, 0) is 9.53 Å². The predicted molar refractivity (Wildman–Crippen MR) is 86.2 cm³/mol. The van der Waals surface area contributed by atoms with Gasteiger partial charge in [0.1, 0.15) is 17.4 Å². The maximum absolute atomic E-state index is 13.7. The third-order valence-electron chi connectivity index (χ3n) is 3.43. The van der Waals surface area contributed by atoms with Crippen LogP contribution in [0.1, 0.15) is 28.9 Å². The van der Waals surface area contributed by atoms with Crippen molar-refractivity contribution in [2.45, 2.75) is 13.0 Å². The Labute approximate surface area is 143 Å². The van der Waals surface area contributed by atoms with E-state index in [2.05, 4.69) is 10.1 Å². The average Bonchev–Trinajstić information content (AvgIpc) is 2.59. The van der Waals surface area contributed by atoms with Crippen LogP contribution in [0.3, 0.4) is 0 Å². The second-order valence-corrected chi connectivity index (χ2v) is 5.26. The van der Waals surface area contributed by atoms with Crippen molar-refractivity contribution < 1.29 is 27.8 Å². The van der Waals surface area contributed by atoms with Gasteiger partial charge in [0.2, 0.25) is 0 Å². The summed E-state index contributed by atoms with van der Waals surface area (Å²) in [6.07, 6.45) is 0. The number of benzene rings is 2. The number of hydrogen-bond donors (Lipinski definition) is 1. The molecule has 2 rings (SSSR count). The molecule has 0 aliphatic rings. The van der Waals surface area contributed by atoms with E-state index in [1.807, 2.05) is 0 Å². The van der Waals surface area contributed by atoms with E-state index in [4.69, 9.17) is 4.74 Å². The number of methoxy groups -OCH3 is 1. The zero-order chi connectivity index (χ0) is 18.4. The zero-order valence-electron chi connectivity index (χ0n) is 13.7. The highest BCUT2D eigenvalue weighted by molar-refractivity contribution is 5.89. The topological polar surface area (TPSA) is 64.6 Å². The van der Waals surface area contributed by atoms with E-state index in [1.165, 1.54) is 19.2 Å². The van der Waals surface area contributed by atoms with Crippen LogP contribution in [0.25, 0.3) is 0 Å². The fourth-order valence-corrected chi connectivity index (χ4v) is 2.19. The summed E-state index contributed by atoms with van der Waals surface area (Å²) in [4.78, 5) is 23.4. The molecule has 0 saturated carbocycles. The van der Waals surface area contributed by atoms with Crippen molar-refractivity contribution in [2.75, 3.05) is 13.7 Å². The van der Waals surface area contributed by atoms with Crippen molar-refractivity contribution >= 4 is 11.9 Å². The van der Waals surface area contributed by atoms with E-state index >= 15 is 0 Å². The molecule has 2 aromatic carbocycles. The maximum Gasteiger partial charge on any atom is 0.337 e. The minimum atomic E-state index is -0.737. The van der Waals surface area contributed by atoms with Gasteiger partial charge in [0.25, 0.3) is 5.91 Å². The number of hydrogen-bond acceptors (Lipinski definition) is 4. The molecule has 0 radical (unpaired) electrons. The fourth-order valence-electron chi connectivity index (χ4n) is 2.19. The normalized spacial score (nSPS) is 11.5. The molecule has 0 saturated heterocycles. The van der Waals surface area contributed by atoms with Crippen LogP contribution in [0.4, 0.5) is 8.78 Å². The lowest BCUT2D eigenvalue weighted by molar-refractivity contribution is -0.123. The van der Waals surface area contributed by atoms with Gasteiger partial charge in [-0.15, -0.1) is 0 Å². The van der Waals surface area contributed by atoms with E-state index in [0.29, 0.717) is 11.3 Å². The van der Waals surface area contributed by atoms with Gasteiger partial charge < -0.3 is 14.8 Å². The summed E-state index contributed by atoms with van der Waals surface area (Å²) < 4.78 is 36.5. The summed E-state index contributed by atoms with van der Waals surface area (Å²) in [5, 5.41) is 2.56. The van der Waals surface area contributed by atoms with E-state index in [9.17, 15) is 18.4 Å². The summed E-state index contributed by atoms with van der Waals surface area (Å²) in [7, 11) is 1.26. The number of nitrogens with one attached hydrogen (secondary N) is 1. The average molecular weight is 349 g/mol. The number of esters is 1. The van der Waals surface area contributed by atoms with Crippen LogP contribution in [0.2, 0.25) is 0 Å². The Balaban J connectivity index is 1.93. The quantitative estimate of drug-likeness (QED) is 0.815. The molecule has 1 atom stereocenters. The number of rotatable bonds is 6. The molecule has 5 nitrogen and oxygen atoms in total. The summed E-state index contributed by atoms with van der Waals surface area (Å²) in [6.45, 7) is 1.25. The van der Waals surface area contributed by atoms with E-state index < -0.39 is 29.6 Å². The van der Waals surface area contributed by atoms with Gasteiger partial charge in [0, 0.05) is 11.6 Å². The molecule has 0 bridgehead atoms. The fraction of sp³-hybridized carbons (Fsp3) is 0.222. The number of ether oxygens (including phenoxy) is 2. The Hall–Kier alpha value is -2.96. The molecular formula is C18H17F2NO4. The summed E-state index contributed by atoms with van der Waals surface area (Å²) in [6, 6.07) is 8.68. The highest BCUT2D eigenvalue weighted by Gasteiger charge is 2.15. The smallest absolute Gasteiger partial charge is 0.337 e. The zero-order valence-corrected chi connectivity index (χ0v) is 13.7. The number of carbonyl (C=O) groups is 2. The number of amides is 1. The molecule has 0 aromatic heterocycles. The first kappa shape index (κ1) is 18.4. The lowest BCUT2D eigenvalue weighted by Crippen LogP contribution is -2.31. The molecule has 0 aliphatic heterocycles. The van der Waals surface area contributed by atoms with Gasteiger partial charge in [-0.2, -0.15) is 0 Å². The molecule has 7 heteroatoms. The standard InChI is InChI=1S/C18H17F2NO4/c1-11(15-7-6-13(19)9-16(15)20)21-17(22)10-25-14-5-3-4-12(8-14)18(23)24-2/h3-9,11H,10H2,1-2H3,(H,21,22). The van der Waals surface area contributed by atoms with Crippen LogP contribution >= 0.6 is 0 Å². The number of carbonyl (C=O) groups excluding carboxylic acids is 2. The van der Waals surface area contributed by atoms with Gasteiger partial charge in [-0.05, 0) is 31.2 Å². The van der Waals surface area contributed by atoms with E-state index in [1.54, 1.807) is 25.1 Å². The predicted octanol–water partition coefficient (Wildman–Crippen LogP) is 3.01. The first-order valence-electron chi connectivity index (χ1n) is 7.46. The molecule has 0 fully saturated rings. The van der Waals surface area contributed by atoms with Crippen LogP contribution in [0, 0.1) is 11.6 Å². The molecule has 25 heavy (non-hydrogen) atoms. The summed E-state index contributed by atoms with van der Waals surface area (Å²) in [5.74, 6) is -2.11. The molecular weight excluding hydrogens is 332 g/mol. The van der Waals surface area contributed by atoms with Gasteiger partial charge in [-0.1, -0.05) is 12.1 Å². The molecule has 1 unspecified atom stereocenters. The largest absolute Gasteiger partial charge is 0.484 e. The van der Waals surface area contributed by atoms with Crippen molar-refractivity contribution in [1.82, 2.24) is 5.32 Å². The van der Waals surface area contributed by atoms with Crippen LogP contribution in [-0.4, -0.2) is 25.6 Å². The lowest BCUT2D eigenvalue weighted by atomic mass is 10.1. The van der Waals surface area contributed by atoms with Gasteiger partial charge >= 0.3 is 5.97 Å². The summed E-state index contributed by atoms with van der Waals surface area (Å²) in [5.41, 5.74) is 0.463. The van der Waals surface area contributed by atoms with Crippen molar-refractivity contribution in [3.05, 3.63) is 65.2 Å². The van der Waals surface area contributed by atoms with Gasteiger partial charge in [-0.3, -0.25) is 4.79 Å². The monoisotopic (exact) mass is 349 g/mol. The van der Waals surface area contributed by atoms with Gasteiger partial charge in [0.15, 0.2) is 6.61 Å². The molecule has 0 heterocycles. The van der Waals surface area contributed by atoms with Crippen molar-refractivity contribution in [3.63, 3.8) is 0 Å². The van der Waals surface area contributed by atoms with Gasteiger partial charge in [-0.25, -0.2) is 13.6 Å². The first-order chi connectivity index (χ1) is 11.9. The molecule has 0 spiro atoms. The third kappa shape index (κ3) is 5.00. The molecule has 132 valence electrons. The van der Waals surface area contributed by atoms with Crippen molar-refractivity contribution in [1.29, 1.82) is 0 Å². The van der Waals surface area contributed by atoms with Crippen molar-refractivity contribution in [3.8, 4) is 5.75 Å². The molecule has 2 aromatic rings. The minimum Gasteiger partial charge on any atom is -0.484 e. The maximum atomic E-state index is 13.7. The minimum absolute atomic E-state index is 0.169. The Morgan fingerprint density at radius 2 is 1.92 bits per heavy atom. The van der Waals surface area contributed by atoms with Gasteiger partial charge in [0.05, 0.1) is 18.7 Å². The van der Waals surface area contributed by atoms with E-state index in [-0.39, 0.29) is 12.2 Å². The SMILES string of the molecule is COC(=O)c1cccc(OCC(=O)NC(C)c2ccc(F)cc2F)c1. The third-order valence-corrected chi connectivity index (χ3v) is 3.43.